The molecule has 1 aliphatic carbocycles. The summed E-state index contributed by atoms with van der Waals surface area (Å²) in [7, 11) is 2.17. The molecular formula is C16H29N3. The minimum absolute atomic E-state index is 0.244. The van der Waals surface area contributed by atoms with Crippen LogP contribution in [0.15, 0.2) is 0 Å². The van der Waals surface area contributed by atoms with Crippen molar-refractivity contribution in [3.8, 4) is 6.07 Å². The largest absolute Gasteiger partial charge is 0.304 e. The molecule has 0 aromatic heterocycles. The zero-order valence-electron chi connectivity index (χ0n) is 13.3. The number of hydrogen-bond donors (Lipinski definition) is 0. The lowest BCUT2D eigenvalue weighted by molar-refractivity contribution is -0.0324. The van der Waals surface area contributed by atoms with Crippen LogP contribution in [0.5, 0.6) is 0 Å². The first-order valence-corrected chi connectivity index (χ1v) is 7.53. The third-order valence-corrected chi connectivity index (χ3v) is 4.82. The minimum Gasteiger partial charge on any atom is -0.304 e. The fourth-order valence-electron chi connectivity index (χ4n) is 4.67. The molecule has 2 fully saturated rings. The lowest BCUT2D eigenvalue weighted by Crippen LogP contribution is -2.60. The predicted octanol–water partition coefficient (Wildman–Crippen LogP) is 2.73. The van der Waals surface area contributed by atoms with E-state index in [2.05, 4.69) is 50.6 Å². The first-order valence-electron chi connectivity index (χ1n) is 7.53. The zero-order valence-corrected chi connectivity index (χ0v) is 13.3. The lowest BCUT2D eigenvalue weighted by atomic mass is 9.58. The standard InChI is InChI=1S/C16H29N3/c1-14(2)10-15(3,4)12-16(11-14,13-17)19-8-6-18(5)7-9-19/h6-12H2,1-5H3. The van der Waals surface area contributed by atoms with Gasteiger partial charge in [0.05, 0.1) is 6.07 Å². The Hall–Kier alpha value is -0.590. The second kappa shape index (κ2) is 4.75. The quantitative estimate of drug-likeness (QED) is 0.729. The normalized spacial score (nSPS) is 30.7. The van der Waals surface area contributed by atoms with Crippen molar-refractivity contribution >= 4 is 0 Å². The molecule has 1 saturated heterocycles. The fourth-order valence-corrected chi connectivity index (χ4v) is 4.67. The molecular weight excluding hydrogens is 234 g/mol. The van der Waals surface area contributed by atoms with E-state index >= 15 is 0 Å². The van der Waals surface area contributed by atoms with E-state index in [4.69, 9.17) is 0 Å². The summed E-state index contributed by atoms with van der Waals surface area (Å²) >= 11 is 0. The summed E-state index contributed by atoms with van der Waals surface area (Å²) in [6, 6.07) is 2.72. The Kier molecular flexibility index (Phi) is 3.70. The highest BCUT2D eigenvalue weighted by Gasteiger charge is 2.51. The van der Waals surface area contributed by atoms with Gasteiger partial charge in [0.1, 0.15) is 5.54 Å². The lowest BCUT2D eigenvalue weighted by Gasteiger charge is -2.54. The Labute approximate surface area is 118 Å². The Bertz CT molecular complexity index is 354. The highest BCUT2D eigenvalue weighted by atomic mass is 15.3. The van der Waals surface area contributed by atoms with Crippen LogP contribution >= 0.6 is 0 Å². The molecule has 0 aromatic carbocycles. The van der Waals surface area contributed by atoms with E-state index in [-0.39, 0.29) is 16.4 Å². The minimum atomic E-state index is -0.244. The van der Waals surface area contributed by atoms with E-state index in [0.29, 0.717) is 0 Å². The maximum atomic E-state index is 9.92. The van der Waals surface area contributed by atoms with Crippen LogP contribution in [0.1, 0.15) is 47.0 Å². The molecule has 3 nitrogen and oxygen atoms in total. The Morgan fingerprint density at radius 1 is 0.842 bits per heavy atom. The summed E-state index contributed by atoms with van der Waals surface area (Å²) in [5.74, 6) is 0. The van der Waals surface area contributed by atoms with Crippen LogP contribution in [0.4, 0.5) is 0 Å². The summed E-state index contributed by atoms with van der Waals surface area (Å²) in [6.07, 6.45) is 3.25. The molecule has 3 heteroatoms. The number of likely N-dealkylation sites (N-methyl/N-ethyl adjacent to an activating group) is 1. The zero-order chi connectivity index (χ0) is 14.3. The first-order chi connectivity index (χ1) is 8.68. The van der Waals surface area contributed by atoms with Crippen molar-refractivity contribution in [2.45, 2.75) is 52.5 Å². The van der Waals surface area contributed by atoms with E-state index in [1.165, 1.54) is 6.42 Å². The Balaban J connectivity index is 2.24. The molecule has 0 amide bonds. The highest BCUT2D eigenvalue weighted by Crippen LogP contribution is 2.52. The summed E-state index contributed by atoms with van der Waals surface area (Å²) in [6.45, 7) is 13.6. The summed E-state index contributed by atoms with van der Waals surface area (Å²) in [4.78, 5) is 4.83. The maximum absolute atomic E-state index is 9.92. The van der Waals surface area contributed by atoms with Crippen molar-refractivity contribution in [1.82, 2.24) is 9.80 Å². The number of nitriles is 1. The van der Waals surface area contributed by atoms with Crippen LogP contribution in [0.2, 0.25) is 0 Å². The molecule has 0 atom stereocenters. The van der Waals surface area contributed by atoms with E-state index in [1.54, 1.807) is 0 Å². The van der Waals surface area contributed by atoms with Gasteiger partial charge in [-0.05, 0) is 37.1 Å². The third-order valence-electron chi connectivity index (χ3n) is 4.82. The van der Waals surface area contributed by atoms with Gasteiger partial charge in [0.25, 0.3) is 0 Å². The van der Waals surface area contributed by atoms with E-state index < -0.39 is 0 Å². The van der Waals surface area contributed by atoms with Crippen molar-refractivity contribution in [3.63, 3.8) is 0 Å². The first kappa shape index (κ1) is 14.8. The Morgan fingerprint density at radius 3 is 1.74 bits per heavy atom. The van der Waals surface area contributed by atoms with E-state index in [0.717, 1.165) is 39.0 Å². The number of piperazine rings is 1. The summed E-state index contributed by atoms with van der Waals surface area (Å²) in [5.41, 5.74) is 0.286. The molecule has 108 valence electrons. The number of rotatable bonds is 1. The SMILES string of the molecule is CN1CCN(C2(C#N)CC(C)(C)CC(C)(C)C2)CC1. The van der Waals surface area contributed by atoms with Crippen LogP contribution in [0, 0.1) is 22.2 Å². The maximum Gasteiger partial charge on any atom is 0.110 e. The topological polar surface area (TPSA) is 30.3 Å². The highest BCUT2D eigenvalue weighted by molar-refractivity contribution is 5.16. The fraction of sp³-hybridized carbons (Fsp3) is 0.938. The molecule has 19 heavy (non-hydrogen) atoms. The van der Waals surface area contributed by atoms with Gasteiger partial charge < -0.3 is 4.90 Å². The van der Waals surface area contributed by atoms with Crippen LogP contribution in [-0.4, -0.2) is 48.6 Å². The van der Waals surface area contributed by atoms with Gasteiger partial charge in [-0.3, -0.25) is 4.90 Å². The number of hydrogen-bond acceptors (Lipinski definition) is 3. The summed E-state index contributed by atoms with van der Waals surface area (Å²) < 4.78 is 0. The Morgan fingerprint density at radius 2 is 1.32 bits per heavy atom. The molecule has 0 unspecified atom stereocenters. The van der Waals surface area contributed by atoms with Gasteiger partial charge in [0, 0.05) is 26.2 Å². The molecule has 2 aliphatic rings. The molecule has 0 bridgehead atoms. The molecule has 0 N–H and O–H groups in total. The molecule has 1 aliphatic heterocycles. The van der Waals surface area contributed by atoms with Crippen molar-refractivity contribution in [2.75, 3.05) is 33.2 Å². The van der Waals surface area contributed by atoms with Crippen LogP contribution in [-0.2, 0) is 0 Å². The predicted molar refractivity (Wildman–Crippen MR) is 78.8 cm³/mol. The van der Waals surface area contributed by atoms with Crippen molar-refractivity contribution < 1.29 is 0 Å². The molecule has 1 heterocycles. The average molecular weight is 263 g/mol. The third kappa shape index (κ3) is 3.12. The molecule has 0 aromatic rings. The molecule has 0 spiro atoms. The van der Waals surface area contributed by atoms with Crippen LogP contribution < -0.4 is 0 Å². The van der Waals surface area contributed by atoms with Gasteiger partial charge in [0.15, 0.2) is 0 Å². The number of nitrogens with zero attached hydrogens (tertiary/aromatic N) is 3. The second-order valence-electron chi connectivity index (χ2n) is 8.29. The van der Waals surface area contributed by atoms with E-state index in [9.17, 15) is 5.26 Å². The molecule has 1 saturated carbocycles. The molecule has 2 rings (SSSR count). The molecule has 0 radical (unpaired) electrons. The van der Waals surface area contributed by atoms with Gasteiger partial charge in [-0.15, -0.1) is 0 Å². The van der Waals surface area contributed by atoms with Crippen LogP contribution in [0.25, 0.3) is 0 Å². The van der Waals surface area contributed by atoms with Crippen molar-refractivity contribution in [1.29, 1.82) is 5.26 Å². The summed E-state index contributed by atoms with van der Waals surface area (Å²) in [5, 5.41) is 9.92. The van der Waals surface area contributed by atoms with Crippen molar-refractivity contribution in [3.05, 3.63) is 0 Å². The van der Waals surface area contributed by atoms with Gasteiger partial charge in [0.2, 0.25) is 0 Å². The van der Waals surface area contributed by atoms with Crippen LogP contribution in [0.3, 0.4) is 0 Å². The second-order valence-corrected chi connectivity index (χ2v) is 8.29. The van der Waals surface area contributed by atoms with Gasteiger partial charge >= 0.3 is 0 Å². The monoisotopic (exact) mass is 263 g/mol. The van der Waals surface area contributed by atoms with Crippen molar-refractivity contribution in [2.24, 2.45) is 10.8 Å². The van der Waals surface area contributed by atoms with E-state index in [1.807, 2.05) is 0 Å². The average Bonchev–Trinajstić information content (AvgIpc) is 2.25. The van der Waals surface area contributed by atoms with Gasteiger partial charge in [-0.1, -0.05) is 27.7 Å². The smallest absolute Gasteiger partial charge is 0.110 e. The van der Waals surface area contributed by atoms with Gasteiger partial charge in [-0.25, -0.2) is 0 Å². The van der Waals surface area contributed by atoms with Gasteiger partial charge in [-0.2, -0.15) is 5.26 Å².